The van der Waals surface area contributed by atoms with Crippen molar-refractivity contribution in [2.45, 2.75) is 32.1 Å². The van der Waals surface area contributed by atoms with Crippen LogP contribution in [0.15, 0.2) is 24.3 Å². The average Bonchev–Trinajstić information content (AvgIpc) is 2.39. The first-order valence-electron chi connectivity index (χ1n) is 6.87. The third kappa shape index (κ3) is 3.47. The Bertz CT molecular complexity index is 401. The lowest BCUT2D eigenvalue weighted by Crippen LogP contribution is -2.48. The molecule has 0 aliphatic carbocycles. The van der Waals surface area contributed by atoms with Crippen LogP contribution in [-0.4, -0.2) is 43.9 Å². The molecule has 106 valence electrons. The van der Waals surface area contributed by atoms with E-state index in [1.807, 2.05) is 12.1 Å². The van der Waals surface area contributed by atoms with Crippen LogP contribution in [0.1, 0.15) is 25.5 Å². The van der Waals surface area contributed by atoms with E-state index in [0.29, 0.717) is 6.54 Å². The largest absolute Gasteiger partial charge is 0.497 e. The second kappa shape index (κ2) is 6.37. The number of hydrogen-bond acceptors (Lipinski definition) is 4. The molecule has 0 saturated carbocycles. The van der Waals surface area contributed by atoms with Crippen molar-refractivity contribution in [3.8, 4) is 5.75 Å². The van der Waals surface area contributed by atoms with Crippen molar-refractivity contribution in [3.63, 3.8) is 0 Å². The van der Waals surface area contributed by atoms with Gasteiger partial charge in [0.25, 0.3) is 0 Å². The number of hydrogen-bond donors (Lipinski definition) is 1. The molecular weight excluding hydrogens is 240 g/mol. The third-order valence-corrected chi connectivity index (χ3v) is 3.59. The summed E-state index contributed by atoms with van der Waals surface area (Å²) < 4.78 is 11.1. The van der Waals surface area contributed by atoms with Crippen LogP contribution >= 0.6 is 0 Å². The van der Waals surface area contributed by atoms with E-state index in [4.69, 9.17) is 15.2 Å². The highest BCUT2D eigenvalue weighted by Crippen LogP contribution is 2.26. The first kappa shape index (κ1) is 14.3. The van der Waals surface area contributed by atoms with Gasteiger partial charge < -0.3 is 15.2 Å². The lowest BCUT2D eigenvalue weighted by molar-refractivity contribution is -0.0799. The van der Waals surface area contributed by atoms with Crippen LogP contribution in [0.5, 0.6) is 5.75 Å². The number of nitrogens with two attached hydrogens (primary N) is 1. The van der Waals surface area contributed by atoms with Gasteiger partial charge in [-0.25, -0.2) is 0 Å². The number of nitrogens with zero attached hydrogens (tertiary/aromatic N) is 1. The van der Waals surface area contributed by atoms with Crippen molar-refractivity contribution in [1.29, 1.82) is 0 Å². The van der Waals surface area contributed by atoms with Crippen molar-refractivity contribution in [1.82, 2.24) is 4.90 Å². The Morgan fingerprint density at radius 3 is 2.63 bits per heavy atom. The minimum Gasteiger partial charge on any atom is -0.497 e. The maximum atomic E-state index is 5.99. The normalized spacial score (nSPS) is 26.1. The Hall–Kier alpha value is -1.10. The predicted molar refractivity (Wildman–Crippen MR) is 76.4 cm³/mol. The molecule has 3 atom stereocenters. The number of morpholine rings is 1. The molecule has 0 aromatic heterocycles. The second-order valence-electron chi connectivity index (χ2n) is 5.24. The van der Waals surface area contributed by atoms with Gasteiger partial charge in [-0.2, -0.15) is 0 Å². The van der Waals surface area contributed by atoms with Gasteiger partial charge in [-0.1, -0.05) is 12.1 Å². The standard InChI is InChI=1S/C15H24N2O2/c1-11-9-17(10-12(2)19-11)15(8-16)13-5-4-6-14(7-13)18-3/h4-7,11-12,15H,8-10,16H2,1-3H3/t11-,12-,15-/m0/s1. The number of ether oxygens (including phenoxy) is 2. The fourth-order valence-corrected chi connectivity index (χ4v) is 2.82. The van der Waals surface area contributed by atoms with E-state index in [2.05, 4.69) is 30.9 Å². The van der Waals surface area contributed by atoms with Crippen molar-refractivity contribution in [3.05, 3.63) is 29.8 Å². The molecule has 0 amide bonds. The van der Waals surface area contributed by atoms with Gasteiger partial charge in [0.15, 0.2) is 0 Å². The quantitative estimate of drug-likeness (QED) is 0.901. The van der Waals surface area contributed by atoms with E-state index in [1.165, 1.54) is 5.56 Å². The van der Waals surface area contributed by atoms with Crippen LogP contribution < -0.4 is 10.5 Å². The average molecular weight is 264 g/mol. The van der Waals surface area contributed by atoms with Gasteiger partial charge in [0, 0.05) is 25.7 Å². The molecule has 1 fully saturated rings. The van der Waals surface area contributed by atoms with Crippen molar-refractivity contribution >= 4 is 0 Å². The molecule has 2 rings (SSSR count). The van der Waals surface area contributed by atoms with Crippen LogP contribution in [0.4, 0.5) is 0 Å². The van der Waals surface area contributed by atoms with Gasteiger partial charge in [-0.3, -0.25) is 4.90 Å². The molecule has 1 aromatic rings. The van der Waals surface area contributed by atoms with E-state index >= 15 is 0 Å². The molecule has 0 unspecified atom stereocenters. The highest BCUT2D eigenvalue weighted by molar-refractivity contribution is 5.30. The summed E-state index contributed by atoms with van der Waals surface area (Å²) in [7, 11) is 1.69. The Morgan fingerprint density at radius 1 is 1.37 bits per heavy atom. The first-order chi connectivity index (χ1) is 9.13. The minimum atomic E-state index is 0.226. The summed E-state index contributed by atoms with van der Waals surface area (Å²) in [6.07, 6.45) is 0.506. The number of rotatable bonds is 4. The van der Waals surface area contributed by atoms with Crippen molar-refractivity contribution in [2.24, 2.45) is 5.73 Å². The van der Waals surface area contributed by atoms with Crippen LogP contribution in [0.2, 0.25) is 0 Å². The van der Waals surface area contributed by atoms with Crippen LogP contribution in [-0.2, 0) is 4.74 Å². The second-order valence-corrected chi connectivity index (χ2v) is 5.24. The molecule has 0 bridgehead atoms. The number of benzene rings is 1. The lowest BCUT2D eigenvalue weighted by atomic mass is 10.0. The topological polar surface area (TPSA) is 47.7 Å². The van der Waals surface area contributed by atoms with Crippen molar-refractivity contribution in [2.75, 3.05) is 26.7 Å². The summed E-state index contributed by atoms with van der Waals surface area (Å²) in [5, 5.41) is 0. The zero-order valence-electron chi connectivity index (χ0n) is 12.0. The van der Waals surface area contributed by atoms with E-state index < -0.39 is 0 Å². The van der Waals surface area contributed by atoms with Gasteiger partial charge in [0.2, 0.25) is 0 Å². The highest BCUT2D eigenvalue weighted by Gasteiger charge is 2.28. The fourth-order valence-electron chi connectivity index (χ4n) is 2.82. The zero-order valence-corrected chi connectivity index (χ0v) is 12.0. The van der Waals surface area contributed by atoms with Crippen LogP contribution in [0.25, 0.3) is 0 Å². The molecule has 2 N–H and O–H groups in total. The van der Waals surface area contributed by atoms with Crippen LogP contribution in [0.3, 0.4) is 0 Å². The molecule has 1 saturated heterocycles. The van der Waals surface area contributed by atoms with Gasteiger partial charge in [-0.05, 0) is 31.5 Å². The SMILES string of the molecule is COc1cccc([C@H](CN)N2C[C@H](C)O[C@@H](C)C2)c1. The summed E-state index contributed by atoms with van der Waals surface area (Å²) in [5.74, 6) is 0.880. The zero-order chi connectivity index (χ0) is 13.8. The third-order valence-electron chi connectivity index (χ3n) is 3.59. The molecule has 0 spiro atoms. The molecule has 1 aliphatic rings. The predicted octanol–water partition coefficient (Wildman–Crippen LogP) is 1.80. The summed E-state index contributed by atoms with van der Waals surface area (Å²) in [6.45, 7) is 6.67. The Kier molecular flexibility index (Phi) is 4.80. The van der Waals surface area contributed by atoms with E-state index in [9.17, 15) is 0 Å². The molecule has 4 heteroatoms. The molecule has 4 nitrogen and oxygen atoms in total. The summed E-state index contributed by atoms with van der Waals surface area (Å²) in [4.78, 5) is 2.41. The van der Waals surface area contributed by atoms with E-state index in [-0.39, 0.29) is 18.2 Å². The summed E-state index contributed by atoms with van der Waals surface area (Å²) >= 11 is 0. The Morgan fingerprint density at radius 2 is 2.05 bits per heavy atom. The highest BCUT2D eigenvalue weighted by atomic mass is 16.5. The van der Waals surface area contributed by atoms with Crippen LogP contribution in [0, 0.1) is 0 Å². The number of methoxy groups -OCH3 is 1. The van der Waals surface area contributed by atoms with Gasteiger partial charge >= 0.3 is 0 Å². The van der Waals surface area contributed by atoms with E-state index in [0.717, 1.165) is 18.8 Å². The smallest absolute Gasteiger partial charge is 0.119 e. The molecule has 1 aliphatic heterocycles. The fraction of sp³-hybridized carbons (Fsp3) is 0.600. The molecule has 1 heterocycles. The monoisotopic (exact) mass is 264 g/mol. The molecule has 19 heavy (non-hydrogen) atoms. The van der Waals surface area contributed by atoms with Gasteiger partial charge in [-0.15, -0.1) is 0 Å². The van der Waals surface area contributed by atoms with Crippen molar-refractivity contribution < 1.29 is 9.47 Å². The van der Waals surface area contributed by atoms with E-state index in [1.54, 1.807) is 7.11 Å². The molecular formula is C15H24N2O2. The summed E-state index contributed by atoms with van der Waals surface area (Å²) in [5.41, 5.74) is 7.21. The van der Waals surface area contributed by atoms with Gasteiger partial charge in [0.05, 0.1) is 19.3 Å². The Balaban J connectivity index is 2.18. The van der Waals surface area contributed by atoms with Gasteiger partial charge in [0.1, 0.15) is 5.75 Å². The maximum absolute atomic E-state index is 5.99. The maximum Gasteiger partial charge on any atom is 0.119 e. The summed E-state index contributed by atoms with van der Waals surface area (Å²) in [6, 6.07) is 8.39. The lowest BCUT2D eigenvalue weighted by Gasteiger charge is -2.40. The first-order valence-corrected chi connectivity index (χ1v) is 6.87. The molecule has 1 aromatic carbocycles. The minimum absolute atomic E-state index is 0.226. The Labute approximate surface area is 115 Å². The molecule has 0 radical (unpaired) electrons.